The van der Waals surface area contributed by atoms with Crippen molar-refractivity contribution < 1.29 is 8.42 Å². The summed E-state index contributed by atoms with van der Waals surface area (Å²) in [6.07, 6.45) is 2.67. The van der Waals surface area contributed by atoms with Crippen LogP contribution in [0.1, 0.15) is 0 Å². The maximum Gasteiger partial charge on any atom is 0.266 e. The van der Waals surface area contributed by atoms with Crippen LogP contribution in [-0.2, 0) is 10.0 Å². The topological polar surface area (TPSA) is 111 Å². The highest BCUT2D eigenvalue weighted by Gasteiger charge is 2.19. The van der Waals surface area contributed by atoms with Crippen molar-refractivity contribution in [1.82, 2.24) is 15.2 Å². The molecule has 1 heterocycles. The maximum absolute atomic E-state index is 12.1. The molecule has 1 aromatic heterocycles. The van der Waals surface area contributed by atoms with Crippen molar-refractivity contribution in [3.8, 4) is 0 Å². The molecule has 0 atom stereocenters. The molecule has 0 amide bonds. The number of anilines is 2. The minimum absolute atomic E-state index is 0.0515. The number of nitrogens with zero attached hydrogens (tertiary/aromatic N) is 3. The first-order chi connectivity index (χ1) is 8.49. The zero-order valence-electron chi connectivity index (χ0n) is 8.91. The number of nitrogens with two attached hydrogens (primary N) is 1. The lowest BCUT2D eigenvalue weighted by molar-refractivity contribution is 0.601. The summed E-state index contributed by atoms with van der Waals surface area (Å²) in [6, 6.07) is 4.53. The lowest BCUT2D eigenvalue weighted by atomic mass is 10.3. The van der Waals surface area contributed by atoms with Gasteiger partial charge in [0.25, 0.3) is 16.0 Å². The highest BCUT2D eigenvalue weighted by atomic mass is 79.9. The molecule has 0 aliphatic rings. The fourth-order valence-corrected chi connectivity index (χ4v) is 2.83. The first-order valence-corrected chi connectivity index (χ1v) is 6.98. The van der Waals surface area contributed by atoms with Gasteiger partial charge in [0.2, 0.25) is 0 Å². The van der Waals surface area contributed by atoms with Crippen LogP contribution in [0.5, 0.6) is 0 Å². The van der Waals surface area contributed by atoms with Crippen LogP contribution in [0.2, 0.25) is 0 Å². The summed E-state index contributed by atoms with van der Waals surface area (Å²) < 4.78 is 26.9. The van der Waals surface area contributed by atoms with Crippen molar-refractivity contribution in [1.29, 1.82) is 0 Å². The van der Waals surface area contributed by atoms with Gasteiger partial charge in [0.1, 0.15) is 4.90 Å². The zero-order valence-corrected chi connectivity index (χ0v) is 11.3. The first-order valence-electron chi connectivity index (χ1n) is 4.70. The fraction of sp³-hybridized carbons (Fsp3) is 0. The molecule has 0 radical (unpaired) electrons. The molecule has 0 spiro atoms. The van der Waals surface area contributed by atoms with E-state index < -0.39 is 10.0 Å². The largest absolute Gasteiger partial charge is 0.398 e. The smallest absolute Gasteiger partial charge is 0.266 e. The number of halogens is 1. The second kappa shape index (κ2) is 4.86. The summed E-state index contributed by atoms with van der Waals surface area (Å²) >= 11 is 3.18. The minimum Gasteiger partial charge on any atom is -0.398 e. The summed E-state index contributed by atoms with van der Waals surface area (Å²) in [4.78, 5) is 3.67. The van der Waals surface area contributed by atoms with E-state index in [9.17, 15) is 8.42 Å². The maximum atomic E-state index is 12.1. The SMILES string of the molecule is Nc1ccc(Br)cc1S(=O)(=O)Nc1nccnn1. The Morgan fingerprint density at radius 3 is 2.72 bits per heavy atom. The molecule has 94 valence electrons. The van der Waals surface area contributed by atoms with Gasteiger partial charge in [0.15, 0.2) is 0 Å². The Morgan fingerprint density at radius 2 is 2.06 bits per heavy atom. The monoisotopic (exact) mass is 329 g/mol. The van der Waals surface area contributed by atoms with Gasteiger partial charge in [0.05, 0.1) is 18.1 Å². The van der Waals surface area contributed by atoms with Crippen LogP contribution in [-0.4, -0.2) is 23.6 Å². The molecule has 0 bridgehead atoms. The van der Waals surface area contributed by atoms with Gasteiger partial charge in [-0.2, -0.15) is 5.10 Å². The predicted molar refractivity (Wildman–Crippen MR) is 69.2 cm³/mol. The van der Waals surface area contributed by atoms with Crippen molar-refractivity contribution in [2.24, 2.45) is 0 Å². The number of benzene rings is 1. The number of rotatable bonds is 3. The molecule has 3 N–H and O–H groups in total. The lowest BCUT2D eigenvalue weighted by Gasteiger charge is -2.08. The van der Waals surface area contributed by atoms with Crippen molar-refractivity contribution in [3.05, 3.63) is 35.1 Å². The Morgan fingerprint density at radius 1 is 1.28 bits per heavy atom. The molecular weight excluding hydrogens is 322 g/mol. The van der Waals surface area contributed by atoms with E-state index in [1.165, 1.54) is 24.5 Å². The van der Waals surface area contributed by atoms with Crippen LogP contribution >= 0.6 is 15.9 Å². The number of nitrogen functional groups attached to an aromatic ring is 1. The molecule has 0 saturated carbocycles. The Labute approximate surface area is 112 Å². The summed E-state index contributed by atoms with van der Waals surface area (Å²) in [5.74, 6) is -0.114. The van der Waals surface area contributed by atoms with E-state index in [0.29, 0.717) is 4.47 Å². The van der Waals surface area contributed by atoms with E-state index in [4.69, 9.17) is 5.73 Å². The average molecular weight is 330 g/mol. The second-order valence-corrected chi connectivity index (χ2v) is 5.82. The Hall–Kier alpha value is -1.74. The number of nitrogens with one attached hydrogen (secondary N) is 1. The van der Waals surface area contributed by atoms with Gasteiger partial charge < -0.3 is 5.73 Å². The summed E-state index contributed by atoms with van der Waals surface area (Å²) in [6.45, 7) is 0. The summed E-state index contributed by atoms with van der Waals surface area (Å²) in [5, 5.41) is 7.06. The van der Waals surface area contributed by atoms with E-state index in [1.54, 1.807) is 6.07 Å². The molecular formula is C9H8BrN5O2S. The molecule has 0 aliphatic carbocycles. The van der Waals surface area contributed by atoms with Crippen LogP contribution in [0.15, 0.2) is 40.0 Å². The Bertz CT molecular complexity index is 662. The molecule has 2 rings (SSSR count). The van der Waals surface area contributed by atoms with Crippen LogP contribution in [0.4, 0.5) is 11.6 Å². The van der Waals surface area contributed by atoms with Crippen LogP contribution in [0, 0.1) is 0 Å². The van der Waals surface area contributed by atoms with Gasteiger partial charge in [-0.1, -0.05) is 15.9 Å². The third-order valence-electron chi connectivity index (χ3n) is 1.97. The molecule has 18 heavy (non-hydrogen) atoms. The normalized spacial score (nSPS) is 11.2. The summed E-state index contributed by atoms with van der Waals surface area (Å²) in [7, 11) is -3.84. The zero-order chi connectivity index (χ0) is 13.2. The summed E-state index contributed by atoms with van der Waals surface area (Å²) in [5.41, 5.74) is 5.77. The highest BCUT2D eigenvalue weighted by Crippen LogP contribution is 2.24. The minimum atomic E-state index is -3.84. The van der Waals surface area contributed by atoms with E-state index in [2.05, 4.69) is 35.8 Å². The number of hydrogen-bond acceptors (Lipinski definition) is 6. The fourth-order valence-electron chi connectivity index (χ4n) is 1.21. The van der Waals surface area contributed by atoms with Crippen molar-refractivity contribution in [2.75, 3.05) is 10.5 Å². The second-order valence-electron chi connectivity index (χ2n) is 3.25. The highest BCUT2D eigenvalue weighted by molar-refractivity contribution is 9.10. The van der Waals surface area contributed by atoms with Crippen LogP contribution < -0.4 is 10.5 Å². The lowest BCUT2D eigenvalue weighted by Crippen LogP contribution is -2.16. The van der Waals surface area contributed by atoms with Gasteiger partial charge in [-0.25, -0.2) is 18.1 Å². The average Bonchev–Trinajstić information content (AvgIpc) is 2.33. The van der Waals surface area contributed by atoms with Gasteiger partial charge in [-0.05, 0) is 18.2 Å². The molecule has 7 nitrogen and oxygen atoms in total. The van der Waals surface area contributed by atoms with Crippen LogP contribution in [0.25, 0.3) is 0 Å². The quantitative estimate of drug-likeness (QED) is 0.813. The van der Waals surface area contributed by atoms with Crippen molar-refractivity contribution >= 4 is 37.6 Å². The molecule has 9 heteroatoms. The first kappa shape index (κ1) is 12.7. The molecule has 0 saturated heterocycles. The van der Waals surface area contributed by atoms with Gasteiger partial charge in [-0.15, -0.1) is 5.10 Å². The predicted octanol–water partition coefficient (Wildman–Crippen LogP) is 1.02. The molecule has 0 fully saturated rings. The molecule has 0 aliphatic heterocycles. The van der Waals surface area contributed by atoms with E-state index in [0.717, 1.165) is 0 Å². The molecule has 2 aromatic rings. The van der Waals surface area contributed by atoms with Crippen LogP contribution in [0.3, 0.4) is 0 Å². The van der Waals surface area contributed by atoms with Gasteiger partial charge >= 0.3 is 0 Å². The Kier molecular flexibility index (Phi) is 3.43. The standard InChI is InChI=1S/C9H8BrN5O2S/c10-6-1-2-7(11)8(5-6)18(16,17)15-9-12-3-4-13-14-9/h1-5H,11H2,(H,12,14,15). The Balaban J connectivity index is 2.40. The number of hydrogen-bond donors (Lipinski definition) is 2. The van der Waals surface area contributed by atoms with E-state index in [-0.39, 0.29) is 16.5 Å². The van der Waals surface area contributed by atoms with E-state index in [1.807, 2.05) is 0 Å². The molecule has 0 unspecified atom stereocenters. The molecule has 1 aromatic carbocycles. The van der Waals surface area contributed by atoms with Crippen molar-refractivity contribution in [3.63, 3.8) is 0 Å². The van der Waals surface area contributed by atoms with Gasteiger partial charge in [-0.3, -0.25) is 0 Å². The third kappa shape index (κ3) is 2.74. The van der Waals surface area contributed by atoms with Gasteiger partial charge in [0, 0.05) is 4.47 Å². The number of sulfonamides is 1. The van der Waals surface area contributed by atoms with Crippen molar-refractivity contribution in [2.45, 2.75) is 4.90 Å². The number of aromatic nitrogens is 3. The third-order valence-corrected chi connectivity index (χ3v) is 3.85. The van der Waals surface area contributed by atoms with E-state index >= 15 is 0 Å².